The highest BCUT2D eigenvalue weighted by molar-refractivity contribution is 6.17. The lowest BCUT2D eigenvalue weighted by Gasteiger charge is -2.54. The van der Waals surface area contributed by atoms with Gasteiger partial charge in [-0.3, -0.25) is 4.79 Å². The molecule has 1 aromatic carbocycles. The molecule has 7 nitrogen and oxygen atoms in total. The second-order valence-electron chi connectivity index (χ2n) is 8.63. The molecule has 0 atom stereocenters. The molecule has 0 aliphatic carbocycles. The molecule has 3 aliphatic heterocycles. The van der Waals surface area contributed by atoms with Gasteiger partial charge in [0.15, 0.2) is 5.82 Å². The first-order valence-corrected chi connectivity index (χ1v) is 10.1. The van der Waals surface area contributed by atoms with Gasteiger partial charge in [-0.05, 0) is 64.2 Å². The van der Waals surface area contributed by atoms with E-state index in [1.165, 1.54) is 0 Å². The molecule has 7 heteroatoms. The van der Waals surface area contributed by atoms with Crippen molar-refractivity contribution < 1.29 is 9.59 Å². The van der Waals surface area contributed by atoms with Crippen LogP contribution in [-0.2, 0) is 0 Å². The minimum absolute atomic E-state index is 0.115. The van der Waals surface area contributed by atoms with Gasteiger partial charge in [0.1, 0.15) is 0 Å². The van der Waals surface area contributed by atoms with Crippen LogP contribution in [0.4, 0.5) is 22.0 Å². The van der Waals surface area contributed by atoms with Gasteiger partial charge >= 0.3 is 6.03 Å². The van der Waals surface area contributed by atoms with E-state index in [0.717, 1.165) is 44.6 Å². The number of pyridine rings is 1. The average molecular weight is 391 g/mol. The van der Waals surface area contributed by atoms with Gasteiger partial charge in [-0.2, -0.15) is 0 Å². The summed E-state index contributed by atoms with van der Waals surface area (Å²) in [6.45, 7) is 5.63. The highest BCUT2D eigenvalue weighted by Crippen LogP contribution is 2.43. The smallest absolute Gasteiger partial charge is 0.323 e. The van der Waals surface area contributed by atoms with Crippen LogP contribution in [0.15, 0.2) is 36.5 Å². The molecule has 0 saturated carbocycles. The van der Waals surface area contributed by atoms with Crippen LogP contribution in [0.1, 0.15) is 28.8 Å². The van der Waals surface area contributed by atoms with Crippen molar-refractivity contribution in [2.24, 2.45) is 5.41 Å². The zero-order valence-corrected chi connectivity index (χ0v) is 16.8. The van der Waals surface area contributed by atoms with Crippen molar-refractivity contribution >= 4 is 29.1 Å². The number of hydrogen-bond donors (Lipinski definition) is 1. The summed E-state index contributed by atoms with van der Waals surface area (Å²) >= 11 is 0. The second-order valence-corrected chi connectivity index (χ2v) is 8.63. The fourth-order valence-electron chi connectivity index (χ4n) is 4.65. The molecule has 0 bridgehead atoms. The van der Waals surface area contributed by atoms with E-state index in [1.54, 1.807) is 23.2 Å². The highest BCUT2D eigenvalue weighted by atomic mass is 16.2. The van der Waals surface area contributed by atoms with Crippen LogP contribution < -0.4 is 10.2 Å². The largest absolute Gasteiger partial charge is 0.330 e. The number of nitrogens with one attached hydrogen (secondary N) is 1. The number of amides is 3. The monoisotopic (exact) mass is 391 g/mol. The number of carbonyl (C=O) groups excluding carboxylic acids is 2. The Kier molecular flexibility index (Phi) is 4.10. The molecular formula is C22H25N5O2. The molecule has 0 radical (unpaired) electrons. The number of anilines is 3. The van der Waals surface area contributed by atoms with Crippen LogP contribution >= 0.6 is 0 Å². The van der Waals surface area contributed by atoms with Crippen molar-refractivity contribution in [2.45, 2.75) is 19.8 Å². The van der Waals surface area contributed by atoms with Crippen LogP contribution in [0.5, 0.6) is 0 Å². The molecule has 150 valence electrons. The summed E-state index contributed by atoms with van der Waals surface area (Å²) in [6, 6.07) is 9.03. The Bertz CT molecular complexity index is 988. The van der Waals surface area contributed by atoms with Gasteiger partial charge in [0.05, 0.1) is 16.9 Å². The van der Waals surface area contributed by atoms with Crippen LogP contribution in [0, 0.1) is 12.3 Å². The molecule has 2 fully saturated rings. The van der Waals surface area contributed by atoms with Crippen LogP contribution in [-0.4, -0.2) is 59.9 Å². The number of likely N-dealkylation sites (tertiary alicyclic amines) is 2. The van der Waals surface area contributed by atoms with Crippen LogP contribution in [0.2, 0.25) is 0 Å². The number of aryl methyl sites for hydroxylation is 1. The number of urea groups is 1. The lowest BCUT2D eigenvalue weighted by Crippen LogP contribution is -2.63. The maximum atomic E-state index is 13.6. The first-order valence-electron chi connectivity index (χ1n) is 10.1. The standard InChI is InChI=1S/C22H25N5O2/c1-15-5-6-18-16(12-15)20(28)24-17-4-3-9-23-19(17)27(18)21(29)26-13-22(14-26)7-10-25(2)11-8-22/h3-6,9,12H,7-8,10-11,13-14H2,1-2H3,(H,24,28). The Labute approximate surface area is 170 Å². The van der Waals surface area contributed by atoms with E-state index < -0.39 is 0 Å². The fourth-order valence-corrected chi connectivity index (χ4v) is 4.65. The van der Waals surface area contributed by atoms with E-state index in [9.17, 15) is 9.59 Å². The summed E-state index contributed by atoms with van der Waals surface area (Å²) in [7, 11) is 2.15. The van der Waals surface area contributed by atoms with E-state index in [-0.39, 0.29) is 17.4 Å². The molecule has 4 heterocycles. The second kappa shape index (κ2) is 6.56. The first kappa shape index (κ1) is 18.1. The number of benzene rings is 1. The van der Waals surface area contributed by atoms with Crippen molar-refractivity contribution in [1.29, 1.82) is 0 Å². The number of carbonyl (C=O) groups is 2. The van der Waals surface area contributed by atoms with E-state index in [4.69, 9.17) is 0 Å². The van der Waals surface area contributed by atoms with Gasteiger partial charge in [-0.1, -0.05) is 11.6 Å². The Morgan fingerprint density at radius 3 is 2.69 bits per heavy atom. The molecule has 0 unspecified atom stereocenters. The number of aromatic nitrogens is 1. The normalized spacial score (nSPS) is 20.4. The van der Waals surface area contributed by atoms with Crippen LogP contribution in [0.3, 0.4) is 0 Å². The van der Waals surface area contributed by atoms with Crippen molar-refractivity contribution in [3.8, 4) is 0 Å². The fraction of sp³-hybridized carbons (Fsp3) is 0.409. The first-order chi connectivity index (χ1) is 14.0. The van der Waals surface area contributed by atoms with Crippen LogP contribution in [0.25, 0.3) is 0 Å². The SMILES string of the molecule is Cc1ccc2c(c1)C(=O)Nc1cccnc1N2C(=O)N1CC2(CCN(C)CC2)C1. The van der Waals surface area contributed by atoms with Crippen molar-refractivity contribution in [3.05, 3.63) is 47.7 Å². The van der Waals surface area contributed by atoms with Gasteiger partial charge < -0.3 is 15.1 Å². The van der Waals surface area contributed by atoms with E-state index in [1.807, 2.05) is 30.0 Å². The number of piperidine rings is 1. The van der Waals surface area contributed by atoms with Crippen molar-refractivity contribution in [2.75, 3.05) is 43.4 Å². The maximum Gasteiger partial charge on any atom is 0.330 e. The van der Waals surface area contributed by atoms with Gasteiger partial charge in [-0.25, -0.2) is 14.7 Å². The minimum atomic E-state index is -0.219. The Hall–Kier alpha value is -2.93. The molecule has 1 N–H and O–H groups in total. The van der Waals surface area contributed by atoms with Gasteiger partial charge in [0, 0.05) is 24.7 Å². The number of fused-ring (bicyclic) bond motifs is 2. The topological polar surface area (TPSA) is 68.8 Å². The van der Waals surface area contributed by atoms with E-state index in [2.05, 4.69) is 22.2 Å². The summed E-state index contributed by atoms with van der Waals surface area (Å²) in [5, 5.41) is 2.91. The molecular weight excluding hydrogens is 366 g/mol. The summed E-state index contributed by atoms with van der Waals surface area (Å²) in [5.41, 5.74) is 2.84. The number of hydrogen-bond acceptors (Lipinski definition) is 4. The summed E-state index contributed by atoms with van der Waals surface area (Å²) in [6.07, 6.45) is 3.90. The predicted molar refractivity (Wildman–Crippen MR) is 112 cm³/mol. The van der Waals surface area contributed by atoms with Gasteiger partial charge in [-0.15, -0.1) is 0 Å². The zero-order valence-electron chi connectivity index (χ0n) is 16.8. The zero-order chi connectivity index (χ0) is 20.2. The van der Waals surface area contributed by atoms with Gasteiger partial charge in [0.25, 0.3) is 5.91 Å². The van der Waals surface area contributed by atoms with Crippen molar-refractivity contribution in [1.82, 2.24) is 14.8 Å². The molecule has 1 spiro atoms. The summed E-state index contributed by atoms with van der Waals surface area (Å²) < 4.78 is 0. The predicted octanol–water partition coefficient (Wildman–Crippen LogP) is 3.24. The molecule has 5 rings (SSSR count). The third kappa shape index (κ3) is 2.97. The summed E-state index contributed by atoms with van der Waals surface area (Å²) in [5.74, 6) is 0.251. The Morgan fingerprint density at radius 1 is 1.17 bits per heavy atom. The Balaban J connectivity index is 1.50. The quantitative estimate of drug-likeness (QED) is 0.749. The average Bonchev–Trinajstić information content (AvgIpc) is 2.80. The molecule has 3 aliphatic rings. The number of nitrogens with zero attached hydrogens (tertiary/aromatic N) is 4. The van der Waals surface area contributed by atoms with Gasteiger partial charge in [0.2, 0.25) is 0 Å². The lowest BCUT2D eigenvalue weighted by atomic mass is 9.72. The molecule has 2 saturated heterocycles. The minimum Gasteiger partial charge on any atom is -0.323 e. The third-order valence-corrected chi connectivity index (χ3v) is 6.45. The highest BCUT2D eigenvalue weighted by Gasteiger charge is 2.48. The molecule has 29 heavy (non-hydrogen) atoms. The molecule has 2 aromatic rings. The third-order valence-electron chi connectivity index (χ3n) is 6.45. The summed E-state index contributed by atoms with van der Waals surface area (Å²) in [4.78, 5) is 36.7. The van der Waals surface area contributed by atoms with E-state index in [0.29, 0.717) is 22.8 Å². The number of rotatable bonds is 0. The molecule has 3 amide bonds. The lowest BCUT2D eigenvalue weighted by molar-refractivity contribution is -0.0141. The molecule has 1 aromatic heterocycles. The van der Waals surface area contributed by atoms with E-state index >= 15 is 0 Å². The maximum absolute atomic E-state index is 13.6. The van der Waals surface area contributed by atoms with Crippen molar-refractivity contribution in [3.63, 3.8) is 0 Å². The Morgan fingerprint density at radius 2 is 1.93 bits per heavy atom.